The maximum atomic E-state index is 5.70. The molecule has 1 atom stereocenters. The fourth-order valence-electron chi connectivity index (χ4n) is 2.70. The normalized spacial score (nSPS) is 12.7. The van der Waals surface area contributed by atoms with Gasteiger partial charge in [-0.15, -0.1) is 0 Å². The summed E-state index contributed by atoms with van der Waals surface area (Å²) < 4.78 is 5.55. The molecule has 0 aliphatic rings. The molecule has 0 spiro atoms. The zero-order valence-electron chi connectivity index (χ0n) is 12.1. The second-order valence-electron chi connectivity index (χ2n) is 5.27. The Morgan fingerprint density at radius 1 is 1.11 bits per heavy atom. The Hall–Kier alpha value is -1.58. The lowest BCUT2D eigenvalue weighted by Gasteiger charge is -2.18. The molecule has 3 N–H and O–H groups in total. The predicted molar refractivity (Wildman–Crippen MR) is 77.9 cm³/mol. The van der Waals surface area contributed by atoms with Gasteiger partial charge in [0.25, 0.3) is 0 Å². The Balaban J connectivity index is 2.32. The summed E-state index contributed by atoms with van der Waals surface area (Å²) in [6.45, 7) is 8.47. The summed E-state index contributed by atoms with van der Waals surface area (Å²) in [5.41, 5.74) is 9.25. The molecule has 1 heterocycles. The van der Waals surface area contributed by atoms with Crippen LogP contribution in [-0.2, 0) is 6.42 Å². The standard InChI is InChI=1S/C16H22N2O/c1-10-7-12(3)14(13(4)8-10)9-15(18-17)16-11(2)5-6-19-16/h5-8,15,18H,9,17H2,1-4H3. The van der Waals surface area contributed by atoms with Gasteiger partial charge in [0.1, 0.15) is 5.76 Å². The van der Waals surface area contributed by atoms with E-state index in [0.29, 0.717) is 0 Å². The number of furan rings is 1. The number of hydrazine groups is 1. The average Bonchev–Trinajstić information content (AvgIpc) is 2.75. The number of benzene rings is 1. The van der Waals surface area contributed by atoms with Crippen LogP contribution in [0.3, 0.4) is 0 Å². The highest BCUT2D eigenvalue weighted by Crippen LogP contribution is 2.26. The van der Waals surface area contributed by atoms with Gasteiger partial charge in [0, 0.05) is 0 Å². The first kappa shape index (κ1) is 13.8. The molecule has 0 bridgehead atoms. The SMILES string of the molecule is Cc1cc(C)c(CC(NN)c2occc2C)c(C)c1. The minimum absolute atomic E-state index is 0.00936. The summed E-state index contributed by atoms with van der Waals surface area (Å²) in [6, 6.07) is 6.40. The molecule has 0 radical (unpaired) electrons. The minimum Gasteiger partial charge on any atom is -0.467 e. The molecule has 1 aromatic heterocycles. The lowest BCUT2D eigenvalue weighted by molar-refractivity contribution is 0.412. The molecule has 1 aromatic carbocycles. The maximum Gasteiger partial charge on any atom is 0.125 e. The zero-order valence-corrected chi connectivity index (χ0v) is 12.1. The van der Waals surface area contributed by atoms with E-state index < -0.39 is 0 Å². The maximum absolute atomic E-state index is 5.70. The lowest BCUT2D eigenvalue weighted by Crippen LogP contribution is -2.30. The van der Waals surface area contributed by atoms with E-state index in [1.54, 1.807) is 6.26 Å². The second-order valence-corrected chi connectivity index (χ2v) is 5.27. The number of nitrogens with one attached hydrogen (secondary N) is 1. The molecule has 19 heavy (non-hydrogen) atoms. The molecule has 0 amide bonds. The van der Waals surface area contributed by atoms with Crippen LogP contribution in [0.2, 0.25) is 0 Å². The third kappa shape index (κ3) is 2.88. The van der Waals surface area contributed by atoms with Crippen LogP contribution in [0.4, 0.5) is 0 Å². The number of hydrogen-bond donors (Lipinski definition) is 2. The Bertz CT molecular complexity index is 549. The van der Waals surface area contributed by atoms with Crippen LogP contribution >= 0.6 is 0 Å². The van der Waals surface area contributed by atoms with Gasteiger partial charge in [0.05, 0.1) is 12.3 Å². The Morgan fingerprint density at radius 2 is 1.74 bits per heavy atom. The zero-order chi connectivity index (χ0) is 14.0. The van der Waals surface area contributed by atoms with Gasteiger partial charge < -0.3 is 4.42 Å². The van der Waals surface area contributed by atoms with Gasteiger partial charge in [0.2, 0.25) is 0 Å². The van der Waals surface area contributed by atoms with Crippen molar-refractivity contribution in [2.75, 3.05) is 0 Å². The van der Waals surface area contributed by atoms with Crippen molar-refractivity contribution in [3.05, 3.63) is 58.0 Å². The van der Waals surface area contributed by atoms with E-state index in [1.165, 1.54) is 22.3 Å². The number of rotatable bonds is 4. The summed E-state index contributed by atoms with van der Waals surface area (Å²) >= 11 is 0. The first-order valence-electron chi connectivity index (χ1n) is 6.59. The van der Waals surface area contributed by atoms with Gasteiger partial charge in [-0.25, -0.2) is 5.43 Å². The van der Waals surface area contributed by atoms with Gasteiger partial charge >= 0.3 is 0 Å². The Labute approximate surface area is 114 Å². The topological polar surface area (TPSA) is 51.2 Å². The Kier molecular flexibility index (Phi) is 4.08. The third-order valence-electron chi connectivity index (χ3n) is 3.67. The third-order valence-corrected chi connectivity index (χ3v) is 3.67. The molecule has 1 unspecified atom stereocenters. The Morgan fingerprint density at radius 3 is 2.21 bits per heavy atom. The summed E-state index contributed by atoms with van der Waals surface area (Å²) in [6.07, 6.45) is 2.55. The van der Waals surface area contributed by atoms with Crippen LogP contribution < -0.4 is 11.3 Å². The molecule has 0 fully saturated rings. The molecule has 102 valence electrons. The molecule has 3 nitrogen and oxygen atoms in total. The fraction of sp³-hybridized carbons (Fsp3) is 0.375. The van der Waals surface area contributed by atoms with E-state index in [0.717, 1.165) is 17.7 Å². The van der Waals surface area contributed by atoms with Crippen molar-refractivity contribution in [3.8, 4) is 0 Å². The van der Waals surface area contributed by atoms with Crippen molar-refractivity contribution >= 4 is 0 Å². The number of hydrogen-bond acceptors (Lipinski definition) is 3. The highest BCUT2D eigenvalue weighted by molar-refractivity contribution is 5.38. The number of aryl methyl sites for hydroxylation is 4. The van der Waals surface area contributed by atoms with Crippen molar-refractivity contribution in [2.45, 2.75) is 40.2 Å². The van der Waals surface area contributed by atoms with Crippen LogP contribution in [-0.4, -0.2) is 0 Å². The van der Waals surface area contributed by atoms with Gasteiger partial charge in [-0.2, -0.15) is 0 Å². The molecule has 0 saturated heterocycles. The molecule has 0 aliphatic carbocycles. The van der Waals surface area contributed by atoms with E-state index in [1.807, 2.05) is 13.0 Å². The van der Waals surface area contributed by atoms with Crippen LogP contribution in [0.1, 0.15) is 39.6 Å². The fourth-order valence-corrected chi connectivity index (χ4v) is 2.70. The van der Waals surface area contributed by atoms with Crippen molar-refractivity contribution < 1.29 is 4.42 Å². The van der Waals surface area contributed by atoms with Gasteiger partial charge in [-0.05, 0) is 62.4 Å². The second kappa shape index (κ2) is 5.59. The highest BCUT2D eigenvalue weighted by atomic mass is 16.3. The molecule has 2 aromatic rings. The van der Waals surface area contributed by atoms with Crippen molar-refractivity contribution in [1.29, 1.82) is 0 Å². The van der Waals surface area contributed by atoms with Crippen LogP contribution in [0, 0.1) is 27.7 Å². The quantitative estimate of drug-likeness (QED) is 0.653. The molecule has 0 aliphatic heterocycles. The molecule has 3 heteroatoms. The minimum atomic E-state index is 0.00936. The van der Waals surface area contributed by atoms with Crippen molar-refractivity contribution in [1.82, 2.24) is 5.43 Å². The summed E-state index contributed by atoms with van der Waals surface area (Å²) in [4.78, 5) is 0. The van der Waals surface area contributed by atoms with Gasteiger partial charge in [0.15, 0.2) is 0 Å². The summed E-state index contributed by atoms with van der Waals surface area (Å²) in [5, 5.41) is 0. The van der Waals surface area contributed by atoms with Crippen molar-refractivity contribution in [3.63, 3.8) is 0 Å². The highest BCUT2D eigenvalue weighted by Gasteiger charge is 2.18. The van der Waals surface area contributed by atoms with E-state index in [4.69, 9.17) is 10.3 Å². The lowest BCUT2D eigenvalue weighted by atomic mass is 9.93. The van der Waals surface area contributed by atoms with Gasteiger partial charge in [-0.1, -0.05) is 17.7 Å². The molecule has 0 saturated carbocycles. The van der Waals surface area contributed by atoms with E-state index in [2.05, 4.69) is 38.3 Å². The monoisotopic (exact) mass is 258 g/mol. The molecule has 2 rings (SSSR count). The van der Waals surface area contributed by atoms with E-state index >= 15 is 0 Å². The predicted octanol–water partition coefficient (Wildman–Crippen LogP) is 3.26. The van der Waals surface area contributed by atoms with Crippen molar-refractivity contribution in [2.24, 2.45) is 5.84 Å². The van der Waals surface area contributed by atoms with E-state index in [-0.39, 0.29) is 6.04 Å². The first-order valence-corrected chi connectivity index (χ1v) is 6.59. The van der Waals surface area contributed by atoms with Gasteiger partial charge in [-0.3, -0.25) is 5.84 Å². The van der Waals surface area contributed by atoms with E-state index in [9.17, 15) is 0 Å². The van der Waals surface area contributed by atoms with Crippen LogP contribution in [0.25, 0.3) is 0 Å². The smallest absolute Gasteiger partial charge is 0.125 e. The summed E-state index contributed by atoms with van der Waals surface area (Å²) in [7, 11) is 0. The average molecular weight is 258 g/mol. The molecular weight excluding hydrogens is 236 g/mol. The largest absolute Gasteiger partial charge is 0.467 e. The first-order chi connectivity index (χ1) is 9.02. The van der Waals surface area contributed by atoms with Crippen LogP contribution in [0.15, 0.2) is 28.9 Å². The van der Waals surface area contributed by atoms with Crippen LogP contribution in [0.5, 0.6) is 0 Å². The summed E-state index contributed by atoms with van der Waals surface area (Å²) in [5.74, 6) is 6.62. The number of nitrogens with two attached hydrogens (primary N) is 1. The molecular formula is C16H22N2O.